The molecule has 2 amide bonds. The zero-order chi connectivity index (χ0) is 34.8. The molecule has 1 aliphatic carbocycles. The molecule has 0 saturated heterocycles. The number of halogens is 1. The molecule has 11 heteroatoms. The van der Waals surface area contributed by atoms with Gasteiger partial charge in [-0.1, -0.05) is 91.5 Å². The quantitative estimate of drug-likeness (QED) is 0.158. The molecular formula is C38H42ClN3O6S. The van der Waals surface area contributed by atoms with E-state index in [9.17, 15) is 18.0 Å². The predicted molar refractivity (Wildman–Crippen MR) is 191 cm³/mol. The lowest BCUT2D eigenvalue weighted by atomic mass is 9.94. The van der Waals surface area contributed by atoms with E-state index in [1.165, 1.54) is 37.3 Å². The van der Waals surface area contributed by atoms with Crippen LogP contribution in [0.1, 0.15) is 43.2 Å². The number of nitrogens with one attached hydrogen (secondary N) is 1. The Morgan fingerprint density at radius 2 is 1.49 bits per heavy atom. The fourth-order valence-electron chi connectivity index (χ4n) is 6.11. The van der Waals surface area contributed by atoms with Crippen LogP contribution in [0.5, 0.6) is 11.5 Å². The molecule has 1 aliphatic rings. The van der Waals surface area contributed by atoms with Gasteiger partial charge < -0.3 is 19.7 Å². The third-order valence-corrected chi connectivity index (χ3v) is 10.8. The molecule has 5 rings (SSSR count). The second-order valence-electron chi connectivity index (χ2n) is 12.1. The Kier molecular flexibility index (Phi) is 12.2. The average molecular weight is 704 g/mol. The summed E-state index contributed by atoms with van der Waals surface area (Å²) in [4.78, 5) is 30.5. The molecule has 0 aliphatic heterocycles. The van der Waals surface area contributed by atoms with Gasteiger partial charge in [0.15, 0.2) is 0 Å². The van der Waals surface area contributed by atoms with Crippen LogP contribution in [0.3, 0.4) is 0 Å². The maximum absolute atomic E-state index is 14.8. The molecule has 0 heterocycles. The zero-order valence-electron chi connectivity index (χ0n) is 27.8. The van der Waals surface area contributed by atoms with Crippen molar-refractivity contribution >= 4 is 39.1 Å². The monoisotopic (exact) mass is 703 g/mol. The molecule has 0 spiro atoms. The van der Waals surface area contributed by atoms with E-state index in [2.05, 4.69) is 5.32 Å². The molecule has 1 atom stereocenters. The van der Waals surface area contributed by atoms with Crippen LogP contribution in [-0.4, -0.2) is 58.0 Å². The molecule has 9 nitrogen and oxygen atoms in total. The summed E-state index contributed by atoms with van der Waals surface area (Å²) in [5, 5.41) is 3.75. The van der Waals surface area contributed by atoms with Gasteiger partial charge in [0.25, 0.3) is 10.0 Å². The van der Waals surface area contributed by atoms with Crippen molar-refractivity contribution in [1.29, 1.82) is 0 Å². The number of carbonyl (C=O) groups excluding carboxylic acids is 2. The van der Waals surface area contributed by atoms with E-state index in [-0.39, 0.29) is 41.2 Å². The standard InChI is InChI=1S/C38H42ClN3O6S/c1-47-32-22-23-36(48-2)34(25-32)42(49(45,46)33-16-10-5-11-17-33)27-37(43)41(26-29-18-20-30(39)21-19-29)35(24-28-12-6-3-7-13-28)38(44)40-31-14-8-4-9-15-31/h3,5-7,10-13,16-23,25,31,35H,4,8-9,14-15,24,26-27H2,1-2H3,(H,40,44)/t35-/m0/s1. The maximum Gasteiger partial charge on any atom is 0.264 e. The van der Waals surface area contributed by atoms with Crippen LogP contribution in [0.4, 0.5) is 5.69 Å². The first-order chi connectivity index (χ1) is 23.7. The topological polar surface area (TPSA) is 105 Å². The second kappa shape index (κ2) is 16.7. The van der Waals surface area contributed by atoms with Gasteiger partial charge in [-0.05, 0) is 60.4 Å². The molecule has 1 saturated carbocycles. The third-order valence-electron chi connectivity index (χ3n) is 8.75. The maximum atomic E-state index is 14.8. The van der Waals surface area contributed by atoms with E-state index < -0.39 is 28.5 Å². The minimum atomic E-state index is -4.31. The first kappa shape index (κ1) is 35.8. The fourth-order valence-corrected chi connectivity index (χ4v) is 7.67. The Hall–Kier alpha value is -4.54. The normalized spacial score (nSPS) is 14.0. The number of hydrogen-bond donors (Lipinski definition) is 1. The molecule has 0 radical (unpaired) electrons. The van der Waals surface area contributed by atoms with Gasteiger partial charge in [-0.2, -0.15) is 0 Å². The zero-order valence-corrected chi connectivity index (χ0v) is 29.3. The summed E-state index contributed by atoms with van der Waals surface area (Å²) in [6.07, 6.45) is 5.14. The van der Waals surface area contributed by atoms with Crippen molar-refractivity contribution in [3.8, 4) is 11.5 Å². The van der Waals surface area contributed by atoms with E-state index in [1.807, 2.05) is 30.3 Å². The summed E-state index contributed by atoms with van der Waals surface area (Å²) in [5.74, 6) is -0.245. The first-order valence-corrected chi connectivity index (χ1v) is 18.2. The highest BCUT2D eigenvalue weighted by Crippen LogP contribution is 2.36. The van der Waals surface area contributed by atoms with Crippen molar-refractivity contribution in [1.82, 2.24) is 10.2 Å². The molecule has 1 N–H and O–H groups in total. The van der Waals surface area contributed by atoms with E-state index in [1.54, 1.807) is 54.6 Å². The highest BCUT2D eigenvalue weighted by Gasteiger charge is 2.36. The van der Waals surface area contributed by atoms with Crippen LogP contribution in [0.15, 0.2) is 108 Å². The summed E-state index contributed by atoms with van der Waals surface area (Å²) in [5.41, 5.74) is 1.72. The number of carbonyl (C=O) groups is 2. The molecule has 4 aromatic rings. The average Bonchev–Trinajstić information content (AvgIpc) is 3.13. The van der Waals surface area contributed by atoms with Crippen LogP contribution in [0.2, 0.25) is 5.02 Å². The lowest BCUT2D eigenvalue weighted by Gasteiger charge is -2.35. The van der Waals surface area contributed by atoms with Gasteiger partial charge in [-0.15, -0.1) is 0 Å². The lowest BCUT2D eigenvalue weighted by molar-refractivity contribution is -0.140. The van der Waals surface area contributed by atoms with Crippen LogP contribution in [0, 0.1) is 0 Å². The molecule has 0 aromatic heterocycles. The Morgan fingerprint density at radius 3 is 2.12 bits per heavy atom. The number of rotatable bonds is 14. The smallest absolute Gasteiger partial charge is 0.264 e. The Balaban J connectivity index is 1.60. The SMILES string of the molecule is COc1ccc(OC)c(N(CC(=O)N(Cc2ccc(Cl)cc2)[C@@H](Cc2ccccc2)C(=O)NC2CCCCC2)S(=O)(=O)c2ccccc2)c1. The Bertz CT molecular complexity index is 1800. The van der Waals surface area contributed by atoms with Crippen LogP contribution < -0.4 is 19.1 Å². The molecule has 0 unspecified atom stereocenters. The number of methoxy groups -OCH3 is 2. The molecule has 0 bridgehead atoms. The molecule has 4 aromatic carbocycles. The summed E-state index contributed by atoms with van der Waals surface area (Å²) < 4.78 is 40.8. The Morgan fingerprint density at radius 1 is 0.837 bits per heavy atom. The van der Waals surface area contributed by atoms with Crippen molar-refractivity contribution in [3.05, 3.63) is 119 Å². The van der Waals surface area contributed by atoms with Gasteiger partial charge in [0.2, 0.25) is 11.8 Å². The van der Waals surface area contributed by atoms with Crippen molar-refractivity contribution in [2.75, 3.05) is 25.1 Å². The number of amides is 2. The van der Waals surface area contributed by atoms with Gasteiger partial charge in [-0.25, -0.2) is 8.42 Å². The van der Waals surface area contributed by atoms with Gasteiger partial charge in [0, 0.05) is 30.1 Å². The highest BCUT2D eigenvalue weighted by atomic mass is 35.5. The number of sulfonamides is 1. The van der Waals surface area contributed by atoms with Crippen LogP contribution >= 0.6 is 11.6 Å². The number of benzene rings is 4. The van der Waals surface area contributed by atoms with Crippen molar-refractivity contribution in [3.63, 3.8) is 0 Å². The minimum Gasteiger partial charge on any atom is -0.497 e. The van der Waals surface area contributed by atoms with Crippen LogP contribution in [-0.2, 0) is 32.6 Å². The molecule has 49 heavy (non-hydrogen) atoms. The van der Waals surface area contributed by atoms with E-state index >= 15 is 0 Å². The predicted octanol–water partition coefficient (Wildman–Crippen LogP) is 6.64. The van der Waals surface area contributed by atoms with Gasteiger partial charge in [0.05, 0.1) is 24.8 Å². The molecular weight excluding hydrogens is 662 g/mol. The number of nitrogens with zero attached hydrogens (tertiary/aromatic N) is 2. The van der Waals surface area contributed by atoms with E-state index in [4.69, 9.17) is 21.1 Å². The van der Waals surface area contributed by atoms with Crippen molar-refractivity contribution in [2.45, 2.75) is 62.0 Å². The number of anilines is 1. The highest BCUT2D eigenvalue weighted by molar-refractivity contribution is 7.92. The molecule has 1 fully saturated rings. The summed E-state index contributed by atoms with van der Waals surface area (Å²) in [6, 6.07) is 28.3. The van der Waals surface area contributed by atoms with E-state index in [0.717, 1.165) is 47.5 Å². The molecule has 258 valence electrons. The summed E-state index contributed by atoms with van der Waals surface area (Å²) in [6.45, 7) is -0.573. The van der Waals surface area contributed by atoms with E-state index in [0.29, 0.717) is 10.8 Å². The number of hydrogen-bond acceptors (Lipinski definition) is 6. The van der Waals surface area contributed by atoms with Gasteiger partial charge in [-0.3, -0.25) is 13.9 Å². The largest absolute Gasteiger partial charge is 0.497 e. The first-order valence-electron chi connectivity index (χ1n) is 16.4. The van der Waals surface area contributed by atoms with Crippen molar-refractivity contribution in [2.24, 2.45) is 0 Å². The minimum absolute atomic E-state index is 0.00279. The van der Waals surface area contributed by atoms with Gasteiger partial charge in [0.1, 0.15) is 24.1 Å². The van der Waals surface area contributed by atoms with Crippen molar-refractivity contribution < 1.29 is 27.5 Å². The van der Waals surface area contributed by atoms with Crippen LogP contribution in [0.25, 0.3) is 0 Å². The van der Waals surface area contributed by atoms with Gasteiger partial charge >= 0.3 is 0 Å². The Labute approximate surface area is 293 Å². The number of ether oxygens (including phenoxy) is 2. The summed E-state index contributed by atoms with van der Waals surface area (Å²) >= 11 is 6.20. The third kappa shape index (κ3) is 9.13. The fraction of sp³-hybridized carbons (Fsp3) is 0.316. The lowest BCUT2D eigenvalue weighted by Crippen LogP contribution is -2.55. The second-order valence-corrected chi connectivity index (χ2v) is 14.4. The summed E-state index contributed by atoms with van der Waals surface area (Å²) in [7, 11) is -1.41.